The summed E-state index contributed by atoms with van der Waals surface area (Å²) in [6, 6.07) is 17.4. The van der Waals surface area contributed by atoms with Crippen LogP contribution in [0.2, 0.25) is 5.02 Å². The monoisotopic (exact) mass is 641 g/mol. The van der Waals surface area contributed by atoms with Crippen molar-refractivity contribution >= 4 is 60.6 Å². The second kappa shape index (κ2) is 11.5. The van der Waals surface area contributed by atoms with Crippen LogP contribution in [-0.4, -0.2) is 15.9 Å². The minimum Gasteiger partial charge on any atom is -0.486 e. The van der Waals surface area contributed by atoms with Gasteiger partial charge in [0.15, 0.2) is 5.75 Å². The van der Waals surface area contributed by atoms with E-state index in [1.165, 1.54) is 16.7 Å². The molecule has 1 fully saturated rings. The first-order valence-corrected chi connectivity index (χ1v) is 14.3. The number of aryl methyl sites for hydroxylation is 1. The molecule has 0 aliphatic heterocycles. The lowest BCUT2D eigenvalue weighted by atomic mass is 9.88. The predicted molar refractivity (Wildman–Crippen MR) is 157 cm³/mol. The SMILES string of the molecule is Cc1cccc(COc2c(Cl)cc(C=Nn3c(C4CCCCC4)nc4ccc(Br)cc4c3=O)cc2Br)c1. The molecule has 1 aromatic heterocycles. The number of nitrogens with zero attached hydrogens (tertiary/aromatic N) is 3. The fourth-order valence-electron chi connectivity index (χ4n) is 4.78. The summed E-state index contributed by atoms with van der Waals surface area (Å²) < 4.78 is 9.02. The van der Waals surface area contributed by atoms with Crippen LogP contribution < -0.4 is 10.3 Å². The Hall–Kier alpha value is -2.48. The number of ether oxygens (including phenoxy) is 1. The van der Waals surface area contributed by atoms with Crippen molar-refractivity contribution in [3.05, 3.63) is 101 Å². The zero-order chi connectivity index (χ0) is 25.9. The molecule has 0 bridgehead atoms. The van der Waals surface area contributed by atoms with E-state index in [0.717, 1.165) is 51.6 Å². The third kappa shape index (κ3) is 6.00. The van der Waals surface area contributed by atoms with Gasteiger partial charge in [0.05, 0.1) is 26.6 Å². The Balaban J connectivity index is 1.47. The molecule has 1 saturated carbocycles. The smallest absolute Gasteiger partial charge is 0.282 e. The summed E-state index contributed by atoms with van der Waals surface area (Å²) >= 11 is 13.6. The molecule has 1 heterocycles. The minimum absolute atomic E-state index is 0.175. The van der Waals surface area contributed by atoms with E-state index in [0.29, 0.717) is 28.3 Å². The molecule has 190 valence electrons. The van der Waals surface area contributed by atoms with Crippen molar-refractivity contribution in [2.45, 2.75) is 51.6 Å². The first kappa shape index (κ1) is 26.1. The van der Waals surface area contributed by atoms with Crippen LogP contribution >= 0.6 is 43.5 Å². The fraction of sp³-hybridized carbons (Fsp3) is 0.276. The molecule has 0 atom stereocenters. The summed E-state index contributed by atoms with van der Waals surface area (Å²) in [4.78, 5) is 18.4. The highest BCUT2D eigenvalue weighted by Gasteiger charge is 2.22. The van der Waals surface area contributed by atoms with Crippen molar-refractivity contribution in [1.29, 1.82) is 0 Å². The molecule has 5 rings (SSSR count). The van der Waals surface area contributed by atoms with Crippen molar-refractivity contribution in [3.8, 4) is 5.75 Å². The lowest BCUT2D eigenvalue weighted by Gasteiger charge is -2.22. The molecule has 0 unspecified atom stereocenters. The lowest BCUT2D eigenvalue weighted by Crippen LogP contribution is -2.25. The van der Waals surface area contributed by atoms with Crippen LogP contribution in [0.15, 0.2) is 73.4 Å². The molecule has 0 amide bonds. The molecule has 4 aromatic rings. The van der Waals surface area contributed by atoms with E-state index in [-0.39, 0.29) is 11.5 Å². The van der Waals surface area contributed by atoms with Gasteiger partial charge in [0.2, 0.25) is 0 Å². The Morgan fingerprint density at radius 2 is 1.92 bits per heavy atom. The highest BCUT2D eigenvalue weighted by Crippen LogP contribution is 2.35. The van der Waals surface area contributed by atoms with Gasteiger partial charge < -0.3 is 4.74 Å². The summed E-state index contributed by atoms with van der Waals surface area (Å²) in [5.74, 6) is 1.50. The van der Waals surface area contributed by atoms with Gasteiger partial charge in [-0.05, 0) is 77.2 Å². The van der Waals surface area contributed by atoms with Crippen molar-refractivity contribution in [2.24, 2.45) is 5.10 Å². The first-order valence-electron chi connectivity index (χ1n) is 12.3. The number of rotatable bonds is 6. The molecule has 1 aliphatic rings. The summed E-state index contributed by atoms with van der Waals surface area (Å²) in [5.41, 5.74) is 3.51. The van der Waals surface area contributed by atoms with E-state index < -0.39 is 0 Å². The maximum absolute atomic E-state index is 13.5. The van der Waals surface area contributed by atoms with Gasteiger partial charge in [0.25, 0.3) is 5.56 Å². The Morgan fingerprint density at radius 1 is 1.11 bits per heavy atom. The zero-order valence-electron chi connectivity index (χ0n) is 20.4. The van der Waals surface area contributed by atoms with Crippen LogP contribution in [0.3, 0.4) is 0 Å². The van der Waals surface area contributed by atoms with Crippen LogP contribution in [0.1, 0.15) is 60.5 Å². The maximum Gasteiger partial charge on any atom is 0.282 e. The molecule has 3 aromatic carbocycles. The van der Waals surface area contributed by atoms with E-state index in [4.69, 9.17) is 21.3 Å². The van der Waals surface area contributed by atoms with Crippen LogP contribution in [0.4, 0.5) is 0 Å². The largest absolute Gasteiger partial charge is 0.486 e. The average molecular weight is 644 g/mol. The normalized spacial score (nSPS) is 14.5. The summed E-state index contributed by atoms with van der Waals surface area (Å²) in [6.07, 6.45) is 7.16. The lowest BCUT2D eigenvalue weighted by molar-refractivity contribution is 0.304. The highest BCUT2D eigenvalue weighted by molar-refractivity contribution is 9.10. The van der Waals surface area contributed by atoms with Gasteiger partial charge in [-0.15, -0.1) is 0 Å². The minimum atomic E-state index is -0.175. The average Bonchev–Trinajstić information content (AvgIpc) is 2.88. The molecule has 0 saturated heterocycles. The first-order chi connectivity index (χ1) is 17.9. The topological polar surface area (TPSA) is 56.5 Å². The van der Waals surface area contributed by atoms with Crippen LogP contribution in [0, 0.1) is 6.92 Å². The van der Waals surface area contributed by atoms with E-state index >= 15 is 0 Å². The Bertz CT molecular complexity index is 1520. The summed E-state index contributed by atoms with van der Waals surface area (Å²) in [6.45, 7) is 2.46. The standard InChI is InChI=1S/C29H26Br2ClN3O2/c1-18-6-5-7-19(12-18)17-37-27-24(31)13-20(14-25(27)32)16-33-35-28(21-8-3-2-4-9-21)34-26-11-10-22(30)15-23(26)29(35)36/h5-7,10-16,21H,2-4,8-9,17H2,1H3. The number of hydrogen-bond donors (Lipinski definition) is 0. The summed E-state index contributed by atoms with van der Waals surface area (Å²) in [5, 5.41) is 5.62. The van der Waals surface area contributed by atoms with Crippen LogP contribution in [0.5, 0.6) is 5.75 Å². The fourth-order valence-corrected chi connectivity index (χ4v) is 6.13. The number of hydrogen-bond acceptors (Lipinski definition) is 4. The van der Waals surface area contributed by atoms with Gasteiger partial charge in [0, 0.05) is 10.4 Å². The van der Waals surface area contributed by atoms with Gasteiger partial charge in [-0.3, -0.25) is 4.79 Å². The van der Waals surface area contributed by atoms with Crippen LogP contribution in [-0.2, 0) is 6.61 Å². The van der Waals surface area contributed by atoms with E-state index in [1.807, 2.05) is 30.3 Å². The summed E-state index contributed by atoms with van der Waals surface area (Å²) in [7, 11) is 0. The van der Waals surface area contributed by atoms with Gasteiger partial charge in [0.1, 0.15) is 12.4 Å². The van der Waals surface area contributed by atoms with Gasteiger partial charge in [-0.25, -0.2) is 4.98 Å². The molecule has 0 N–H and O–H groups in total. The van der Waals surface area contributed by atoms with Crippen LogP contribution in [0.25, 0.3) is 10.9 Å². The van der Waals surface area contributed by atoms with E-state index in [1.54, 1.807) is 18.3 Å². The highest BCUT2D eigenvalue weighted by atomic mass is 79.9. The molecule has 8 heteroatoms. The predicted octanol–water partition coefficient (Wildman–Crippen LogP) is 8.39. The molecular weight excluding hydrogens is 618 g/mol. The maximum atomic E-state index is 13.5. The molecule has 0 spiro atoms. The third-order valence-electron chi connectivity index (χ3n) is 6.61. The number of halogens is 3. The van der Waals surface area contributed by atoms with Crippen molar-refractivity contribution in [3.63, 3.8) is 0 Å². The van der Waals surface area contributed by atoms with Gasteiger partial charge >= 0.3 is 0 Å². The van der Waals surface area contributed by atoms with Crippen molar-refractivity contribution in [2.75, 3.05) is 0 Å². The molecule has 1 aliphatic carbocycles. The zero-order valence-corrected chi connectivity index (χ0v) is 24.3. The second-order valence-electron chi connectivity index (χ2n) is 9.42. The number of fused-ring (bicyclic) bond motifs is 1. The van der Waals surface area contributed by atoms with E-state index in [2.05, 4.69) is 56.0 Å². The second-order valence-corrected chi connectivity index (χ2v) is 11.6. The van der Waals surface area contributed by atoms with Crippen molar-refractivity contribution in [1.82, 2.24) is 9.66 Å². The molecular formula is C29H26Br2ClN3O2. The molecule has 5 nitrogen and oxygen atoms in total. The van der Waals surface area contributed by atoms with Crippen molar-refractivity contribution < 1.29 is 4.74 Å². The molecule has 0 radical (unpaired) electrons. The molecule has 37 heavy (non-hydrogen) atoms. The Kier molecular flexibility index (Phi) is 8.12. The number of benzene rings is 3. The third-order valence-corrected chi connectivity index (χ3v) is 7.98. The van der Waals surface area contributed by atoms with E-state index in [9.17, 15) is 4.79 Å². The number of aromatic nitrogens is 2. The van der Waals surface area contributed by atoms with Gasteiger partial charge in [-0.1, -0.05) is 76.6 Å². The Labute approximate surface area is 237 Å². The Morgan fingerprint density at radius 3 is 2.68 bits per heavy atom. The quantitative estimate of drug-likeness (QED) is 0.198. The van der Waals surface area contributed by atoms with Gasteiger partial charge in [-0.2, -0.15) is 9.78 Å².